The monoisotopic (exact) mass is 1250 g/mol. The Bertz CT molecular complexity index is 3650. The quantitative estimate of drug-likeness (QED) is 0.122. The molecule has 0 amide bonds. The molecule has 92 heavy (non-hydrogen) atoms. The highest BCUT2D eigenvalue weighted by Gasteiger charge is 2.24. The number of esters is 2. The lowest BCUT2D eigenvalue weighted by Gasteiger charge is -2.18. The maximum atomic E-state index is 14.3. The van der Waals surface area contributed by atoms with Crippen molar-refractivity contribution in [2.24, 2.45) is 0 Å². The molecule has 4 aliphatic rings. The Morgan fingerprint density at radius 1 is 0.380 bits per heavy atom. The number of carbonyl (C=O) groups is 2. The Kier molecular flexibility index (Phi) is 22.8. The summed E-state index contributed by atoms with van der Waals surface area (Å²) in [4.78, 5) is 47.4. The fraction of sp³-hybridized carbons (Fsp3) is 0.378. The number of ether oxygens (including phenoxy) is 12. The first-order chi connectivity index (χ1) is 44.9. The van der Waals surface area contributed by atoms with Crippen molar-refractivity contribution in [3.05, 3.63) is 164 Å². The predicted molar refractivity (Wildman–Crippen MR) is 356 cm³/mol. The molecule has 8 bridgehead atoms. The van der Waals surface area contributed by atoms with Crippen LogP contribution in [0.3, 0.4) is 0 Å². The average Bonchev–Trinajstić information content (AvgIpc) is 1.59. The molecule has 4 aliphatic heterocycles. The number of aromatic amines is 2. The highest BCUT2D eigenvalue weighted by atomic mass is 16.6. The van der Waals surface area contributed by atoms with Crippen LogP contribution in [0.5, 0.6) is 0 Å². The minimum atomic E-state index is -0.542. The van der Waals surface area contributed by atoms with E-state index in [-0.39, 0.29) is 39.6 Å². The second kappa shape index (κ2) is 32.0. The van der Waals surface area contributed by atoms with Gasteiger partial charge in [-0.2, -0.15) is 0 Å². The Balaban J connectivity index is 1.03. The molecule has 7 aromatic rings. The van der Waals surface area contributed by atoms with Gasteiger partial charge >= 0.3 is 11.9 Å². The minimum Gasteiger partial charge on any atom is -0.459 e. The van der Waals surface area contributed by atoms with Crippen LogP contribution in [0, 0.1) is 41.5 Å². The molecule has 0 aliphatic carbocycles. The molecule has 11 rings (SSSR count). The predicted octanol–water partition coefficient (Wildman–Crippen LogP) is 12.4. The van der Waals surface area contributed by atoms with E-state index in [0.717, 1.165) is 111 Å². The van der Waals surface area contributed by atoms with E-state index in [9.17, 15) is 9.59 Å². The maximum Gasteiger partial charge on any atom is 0.338 e. The standard InChI is InChI=1S/C74H82N4O14/c1-47-37-49(3)67(50(4)38-47)71-63-17-13-59(75-63)69(53-9-7-11-55(41-53)73(79)91-45-57-43-87-31-29-83-23-21-81-25-27-85-33-35-89-57)61-15-19-65(77-61)72(68-51(5)39-48(2)40-52(68)6)66-20-16-62(78-66)70(60-14-18-64(71)76-60)54-10-8-12-56(42-54)74(80)92-46-58-44-88-32-30-84-24-22-82-26-28-86-34-36-90-58/h7-20,37-42,57-58,75,78H,21-36,43-46H2,1-6H3. The molecule has 7 heterocycles. The molecule has 4 aromatic carbocycles. The Morgan fingerprint density at radius 3 is 1.03 bits per heavy atom. The van der Waals surface area contributed by atoms with Crippen LogP contribution in [0.4, 0.5) is 0 Å². The van der Waals surface area contributed by atoms with Crippen LogP contribution in [-0.2, 0) is 56.8 Å². The molecule has 2 fully saturated rings. The number of benzene rings is 4. The van der Waals surface area contributed by atoms with Crippen LogP contribution in [0.25, 0.3) is 90.9 Å². The van der Waals surface area contributed by atoms with E-state index < -0.39 is 24.1 Å². The van der Waals surface area contributed by atoms with Gasteiger partial charge in [-0.1, -0.05) is 59.7 Å². The topological polar surface area (TPSA) is 202 Å². The van der Waals surface area contributed by atoms with Gasteiger partial charge in [-0.25, -0.2) is 19.6 Å². The second-order valence-electron chi connectivity index (χ2n) is 23.2. The van der Waals surface area contributed by atoms with Gasteiger partial charge in [-0.15, -0.1) is 0 Å². The van der Waals surface area contributed by atoms with Gasteiger partial charge in [-0.05, 0) is 159 Å². The molecule has 2 N–H and O–H groups in total. The summed E-state index contributed by atoms with van der Waals surface area (Å²) in [5.74, 6) is -1.03. The van der Waals surface area contributed by atoms with Crippen LogP contribution in [-0.4, -0.2) is 176 Å². The lowest BCUT2D eigenvalue weighted by atomic mass is 9.92. The van der Waals surface area contributed by atoms with E-state index in [2.05, 4.69) is 112 Å². The number of fused-ring (bicyclic) bond motifs is 8. The van der Waals surface area contributed by atoms with Gasteiger partial charge in [0.15, 0.2) is 0 Å². The smallest absolute Gasteiger partial charge is 0.338 e. The fourth-order valence-electron chi connectivity index (χ4n) is 12.2. The van der Waals surface area contributed by atoms with Gasteiger partial charge in [-0.3, -0.25) is 0 Å². The van der Waals surface area contributed by atoms with Gasteiger partial charge in [0.1, 0.15) is 25.4 Å². The number of nitrogens with zero attached hydrogens (tertiary/aromatic N) is 2. The van der Waals surface area contributed by atoms with Crippen LogP contribution < -0.4 is 0 Å². The van der Waals surface area contributed by atoms with Crippen molar-refractivity contribution >= 4 is 58.3 Å². The zero-order chi connectivity index (χ0) is 63.8. The lowest BCUT2D eigenvalue weighted by molar-refractivity contribution is -0.0689. The highest BCUT2D eigenvalue weighted by Crippen LogP contribution is 2.42. The van der Waals surface area contributed by atoms with Gasteiger partial charge in [0.2, 0.25) is 0 Å². The van der Waals surface area contributed by atoms with Gasteiger partial charge in [0.25, 0.3) is 0 Å². The molecule has 18 nitrogen and oxygen atoms in total. The number of nitrogens with one attached hydrogen (secondary N) is 2. The molecule has 482 valence electrons. The molecule has 0 radical (unpaired) electrons. The minimum absolute atomic E-state index is 0.0403. The van der Waals surface area contributed by atoms with Crippen LogP contribution >= 0.6 is 0 Å². The SMILES string of the molecule is Cc1cc(C)c(-c2c3nc(c(-c4cccc(C(=O)OCC5COCCOCCOCCOCCO5)c4)c4ccc([nH]4)c(-c4c(C)cc(C)cc4C)c4nc(c(-c5cccc(C(=O)OCC6COCCOCCOCCOCCO6)c5)c5ccc2[nH]5)C=C4)C=C3)c(C)c1. The van der Waals surface area contributed by atoms with Crippen LogP contribution in [0.15, 0.2) is 97.1 Å². The summed E-state index contributed by atoms with van der Waals surface area (Å²) in [7, 11) is 0. The normalized spacial score (nSPS) is 17.8. The first-order valence-corrected chi connectivity index (χ1v) is 31.7. The summed E-state index contributed by atoms with van der Waals surface area (Å²) in [6.45, 7) is 19.5. The number of aromatic nitrogens is 4. The fourth-order valence-corrected chi connectivity index (χ4v) is 12.2. The second-order valence-corrected chi connectivity index (χ2v) is 23.2. The third kappa shape index (κ3) is 16.6. The molecular formula is C74H82N4O14. The number of H-pyrrole nitrogens is 2. The van der Waals surface area contributed by atoms with Crippen molar-refractivity contribution in [1.29, 1.82) is 0 Å². The van der Waals surface area contributed by atoms with E-state index in [0.29, 0.717) is 115 Å². The lowest BCUT2D eigenvalue weighted by Crippen LogP contribution is -2.29. The van der Waals surface area contributed by atoms with Crippen LogP contribution in [0.1, 0.15) is 76.9 Å². The van der Waals surface area contributed by atoms with E-state index in [4.69, 9.17) is 66.8 Å². The van der Waals surface area contributed by atoms with Crippen LogP contribution in [0.2, 0.25) is 0 Å². The number of hydrogen-bond acceptors (Lipinski definition) is 16. The summed E-state index contributed by atoms with van der Waals surface area (Å²) in [6, 6.07) is 32.0. The van der Waals surface area contributed by atoms with Crippen molar-refractivity contribution in [3.8, 4) is 44.5 Å². The van der Waals surface area contributed by atoms with Gasteiger partial charge in [0, 0.05) is 44.3 Å². The summed E-state index contributed by atoms with van der Waals surface area (Å²) in [5, 5.41) is 0. The zero-order valence-corrected chi connectivity index (χ0v) is 53.5. The number of carbonyl (C=O) groups excluding carboxylic acids is 2. The molecule has 0 spiro atoms. The summed E-state index contributed by atoms with van der Waals surface area (Å²) in [6.07, 6.45) is 7.12. The van der Waals surface area contributed by atoms with Gasteiger partial charge < -0.3 is 66.8 Å². The molecule has 2 unspecified atom stereocenters. The number of hydrogen-bond donors (Lipinski definition) is 2. The summed E-state index contributed by atoms with van der Waals surface area (Å²) in [5.41, 5.74) is 20.2. The first-order valence-electron chi connectivity index (χ1n) is 31.7. The first kappa shape index (κ1) is 65.5. The Labute approximate surface area is 537 Å². The number of aryl methyl sites for hydroxylation is 6. The molecule has 18 heteroatoms. The summed E-state index contributed by atoms with van der Waals surface area (Å²) >= 11 is 0. The zero-order valence-electron chi connectivity index (χ0n) is 53.5. The van der Waals surface area contributed by atoms with E-state index in [1.807, 2.05) is 48.6 Å². The summed E-state index contributed by atoms with van der Waals surface area (Å²) < 4.78 is 69.8. The van der Waals surface area contributed by atoms with E-state index in [1.165, 1.54) is 0 Å². The average molecular weight is 1250 g/mol. The largest absolute Gasteiger partial charge is 0.459 e. The highest BCUT2D eigenvalue weighted by molar-refractivity contribution is 6.02. The molecule has 0 saturated carbocycles. The third-order valence-corrected chi connectivity index (χ3v) is 16.2. The van der Waals surface area contributed by atoms with Crippen molar-refractivity contribution < 1.29 is 66.4 Å². The van der Waals surface area contributed by atoms with E-state index >= 15 is 0 Å². The third-order valence-electron chi connectivity index (χ3n) is 16.2. The molecular weight excluding hydrogens is 1170 g/mol. The number of rotatable bonds is 10. The Morgan fingerprint density at radius 2 is 0.685 bits per heavy atom. The van der Waals surface area contributed by atoms with Gasteiger partial charge in [0.05, 0.1) is 153 Å². The van der Waals surface area contributed by atoms with Crippen molar-refractivity contribution in [2.45, 2.75) is 53.8 Å². The molecule has 2 atom stereocenters. The molecule has 2 saturated heterocycles. The Hall–Kier alpha value is -7.98. The maximum absolute atomic E-state index is 14.3. The van der Waals surface area contributed by atoms with E-state index in [1.54, 1.807) is 12.1 Å². The molecule has 3 aromatic heterocycles. The van der Waals surface area contributed by atoms with Crippen molar-refractivity contribution in [3.63, 3.8) is 0 Å². The van der Waals surface area contributed by atoms with Crippen molar-refractivity contribution in [2.75, 3.05) is 132 Å². The van der Waals surface area contributed by atoms with Crippen molar-refractivity contribution in [1.82, 2.24) is 19.9 Å².